The van der Waals surface area contributed by atoms with Crippen LogP contribution in [0.25, 0.3) is 16.6 Å². The van der Waals surface area contributed by atoms with Crippen molar-refractivity contribution < 1.29 is 24.3 Å². The molecule has 0 amide bonds. The van der Waals surface area contributed by atoms with Gasteiger partial charge in [0.2, 0.25) is 5.88 Å². The highest BCUT2D eigenvalue weighted by Crippen LogP contribution is 2.25. The summed E-state index contributed by atoms with van der Waals surface area (Å²) in [5.74, 6) is -0.0777. The zero-order chi connectivity index (χ0) is 25.3. The van der Waals surface area contributed by atoms with Crippen molar-refractivity contribution in [2.24, 2.45) is 0 Å². The topological polar surface area (TPSA) is 107 Å². The highest BCUT2D eigenvalue weighted by atomic mass is 16.5. The van der Waals surface area contributed by atoms with Gasteiger partial charge in [0.15, 0.2) is 5.69 Å². The first-order valence-corrected chi connectivity index (χ1v) is 10.8. The van der Waals surface area contributed by atoms with E-state index in [9.17, 15) is 4.79 Å². The predicted octanol–water partition coefficient (Wildman–Crippen LogP) is 3.23. The molecule has 0 saturated heterocycles. The minimum atomic E-state index is -1.35. The van der Waals surface area contributed by atoms with Crippen LogP contribution in [0.1, 0.15) is 35.5 Å². The first kappa shape index (κ1) is 26.6. The number of rotatable bonds is 4. The van der Waals surface area contributed by atoms with E-state index in [1.807, 2.05) is 58.0 Å². The van der Waals surface area contributed by atoms with Gasteiger partial charge in [0.25, 0.3) is 0 Å². The maximum Gasteiger partial charge on any atom is 0.488 e. The summed E-state index contributed by atoms with van der Waals surface area (Å²) >= 11 is 0. The van der Waals surface area contributed by atoms with E-state index < -0.39 is 13.1 Å². The molecule has 0 spiro atoms. The van der Waals surface area contributed by atoms with E-state index in [-0.39, 0.29) is 5.69 Å². The van der Waals surface area contributed by atoms with Gasteiger partial charge in [0, 0.05) is 11.5 Å². The molecule has 178 valence electrons. The molecule has 0 unspecified atom stereocenters. The zero-order valence-electron chi connectivity index (χ0n) is 20.3. The van der Waals surface area contributed by atoms with Crippen molar-refractivity contribution in [2.75, 3.05) is 14.2 Å². The van der Waals surface area contributed by atoms with Crippen molar-refractivity contribution in [3.8, 4) is 11.6 Å². The molecule has 34 heavy (non-hydrogen) atoms. The number of benzene rings is 2. The Bertz CT molecular complexity index is 1240. The maximum atomic E-state index is 12.0. The van der Waals surface area contributed by atoms with Gasteiger partial charge in [-0.25, -0.2) is 14.5 Å². The van der Waals surface area contributed by atoms with Gasteiger partial charge in [-0.1, -0.05) is 55.8 Å². The van der Waals surface area contributed by atoms with Gasteiger partial charge in [-0.15, -0.1) is 0 Å². The average Bonchev–Trinajstić information content (AvgIpc) is 3.24. The molecule has 0 saturated carbocycles. The molecule has 8 nitrogen and oxygen atoms in total. The molecule has 0 aliphatic carbocycles. The lowest BCUT2D eigenvalue weighted by atomic mass is 9.80. The third kappa shape index (κ3) is 6.43. The van der Waals surface area contributed by atoms with Crippen LogP contribution in [0, 0.1) is 13.8 Å². The van der Waals surface area contributed by atoms with Crippen molar-refractivity contribution in [2.45, 2.75) is 27.7 Å². The number of carbonyl (C=O) groups is 1. The lowest BCUT2D eigenvalue weighted by Crippen LogP contribution is -2.29. The molecule has 0 fully saturated rings. The normalized spacial score (nSPS) is 9.88. The fourth-order valence-corrected chi connectivity index (χ4v) is 3.14. The monoisotopic (exact) mass is 463 g/mol. The Morgan fingerprint density at radius 2 is 1.62 bits per heavy atom. The van der Waals surface area contributed by atoms with Gasteiger partial charge in [0.05, 0.1) is 31.6 Å². The number of esters is 1. The van der Waals surface area contributed by atoms with Gasteiger partial charge >= 0.3 is 13.1 Å². The van der Waals surface area contributed by atoms with Crippen LogP contribution in [0.4, 0.5) is 0 Å². The Morgan fingerprint density at radius 3 is 2.15 bits per heavy atom. The van der Waals surface area contributed by atoms with Crippen LogP contribution in [0.15, 0.2) is 60.8 Å². The fourth-order valence-electron chi connectivity index (χ4n) is 3.14. The summed E-state index contributed by atoms with van der Waals surface area (Å²) in [7, 11) is 1.51. The van der Waals surface area contributed by atoms with Gasteiger partial charge in [-0.2, -0.15) is 5.10 Å². The van der Waals surface area contributed by atoms with Crippen molar-refractivity contribution in [1.82, 2.24) is 14.8 Å². The van der Waals surface area contributed by atoms with Crippen LogP contribution in [-0.4, -0.2) is 52.1 Å². The summed E-state index contributed by atoms with van der Waals surface area (Å²) in [6.45, 7) is 7.91. The molecule has 4 aromatic rings. The summed E-state index contributed by atoms with van der Waals surface area (Å²) in [5.41, 5.74) is 4.48. The predicted molar refractivity (Wildman–Crippen MR) is 134 cm³/mol. The molecule has 4 rings (SSSR count). The van der Waals surface area contributed by atoms with Crippen molar-refractivity contribution in [3.05, 3.63) is 77.6 Å². The number of methoxy groups -OCH3 is 2. The molecule has 9 heteroatoms. The number of ether oxygens (including phenoxy) is 2. The molecular formula is C25H30BN3O5. The largest absolute Gasteiger partial charge is 0.488 e. The highest BCUT2D eigenvalue weighted by molar-refractivity contribution is 6.58. The average molecular weight is 463 g/mol. The molecule has 2 N–H and O–H groups in total. The zero-order valence-corrected chi connectivity index (χ0v) is 20.3. The van der Waals surface area contributed by atoms with Crippen LogP contribution >= 0.6 is 0 Å². The van der Waals surface area contributed by atoms with Gasteiger partial charge in [-0.3, -0.25) is 0 Å². The Kier molecular flexibility index (Phi) is 9.79. The minimum Gasteiger partial charge on any atom is -0.481 e. The van der Waals surface area contributed by atoms with Crippen molar-refractivity contribution >= 4 is 29.5 Å². The van der Waals surface area contributed by atoms with Crippen molar-refractivity contribution in [1.29, 1.82) is 0 Å². The van der Waals surface area contributed by atoms with Gasteiger partial charge < -0.3 is 19.5 Å². The number of carbonyl (C=O) groups excluding carboxylic acids is 1. The summed E-state index contributed by atoms with van der Waals surface area (Å²) in [6, 6.07) is 16.6. The Morgan fingerprint density at radius 1 is 0.971 bits per heavy atom. The smallest absolute Gasteiger partial charge is 0.481 e. The molecule has 2 aromatic heterocycles. The van der Waals surface area contributed by atoms with E-state index in [0.29, 0.717) is 22.2 Å². The van der Waals surface area contributed by atoms with E-state index in [2.05, 4.69) is 10.1 Å². The van der Waals surface area contributed by atoms with Crippen LogP contribution in [0.2, 0.25) is 0 Å². The van der Waals surface area contributed by atoms with E-state index in [1.165, 1.54) is 14.2 Å². The first-order valence-electron chi connectivity index (χ1n) is 10.8. The molecule has 2 heterocycles. The Labute approximate surface area is 199 Å². The van der Waals surface area contributed by atoms with Crippen LogP contribution < -0.4 is 10.2 Å². The number of pyridine rings is 1. The molecule has 0 aliphatic heterocycles. The lowest BCUT2D eigenvalue weighted by molar-refractivity contribution is 0.0595. The summed E-state index contributed by atoms with van der Waals surface area (Å²) in [4.78, 5) is 16.2. The van der Waals surface area contributed by atoms with E-state index in [4.69, 9.17) is 19.5 Å². The van der Waals surface area contributed by atoms with E-state index in [1.54, 1.807) is 35.1 Å². The minimum absolute atomic E-state index is 0.236. The van der Waals surface area contributed by atoms with Gasteiger partial charge in [-0.05, 0) is 37.0 Å². The number of hydrogen-bond acceptors (Lipinski definition) is 7. The quantitative estimate of drug-likeness (QED) is 0.354. The fraction of sp³-hybridized carbons (Fsp3) is 0.240. The summed E-state index contributed by atoms with van der Waals surface area (Å²) in [5, 5.41) is 22.4. The summed E-state index contributed by atoms with van der Waals surface area (Å²) < 4.78 is 11.6. The van der Waals surface area contributed by atoms with Gasteiger partial charge in [0.1, 0.15) is 0 Å². The van der Waals surface area contributed by atoms with Crippen LogP contribution in [0.3, 0.4) is 0 Å². The standard InChI is InChI=1S/C16H15N3O3.C7H9BO2.C2H6/c1-10-5-4-6-11(7-10)19-13-9-17-14(21-2)8-12(13)15(18-19)16(20)22-3;1-6-3-2-4-7(5-6)8(9)10;1-2/h4-9H,1-3H3;2-5,9-10H,1H3;1-2H3. The number of fused-ring (bicyclic) bond motifs is 1. The second-order valence-corrected chi connectivity index (χ2v) is 7.12. The second kappa shape index (κ2) is 12.5. The molecule has 0 atom stereocenters. The highest BCUT2D eigenvalue weighted by Gasteiger charge is 2.19. The van der Waals surface area contributed by atoms with E-state index >= 15 is 0 Å². The number of hydrogen-bond donors (Lipinski definition) is 2. The van der Waals surface area contributed by atoms with Crippen molar-refractivity contribution in [3.63, 3.8) is 0 Å². The first-order chi connectivity index (χ1) is 16.3. The number of nitrogens with zero attached hydrogens (tertiary/aromatic N) is 3. The lowest BCUT2D eigenvalue weighted by Gasteiger charge is -2.04. The second-order valence-electron chi connectivity index (χ2n) is 7.12. The van der Waals surface area contributed by atoms with E-state index in [0.717, 1.165) is 16.8 Å². The number of aromatic nitrogens is 3. The third-order valence-electron chi connectivity index (χ3n) is 4.72. The number of aryl methyl sites for hydroxylation is 2. The molecule has 0 aliphatic rings. The molecule has 0 bridgehead atoms. The van der Waals surface area contributed by atoms with Crippen LogP contribution in [0.5, 0.6) is 5.88 Å². The molecule has 0 radical (unpaired) electrons. The Balaban J connectivity index is 0.000000286. The molecule has 2 aromatic carbocycles. The third-order valence-corrected chi connectivity index (χ3v) is 4.72. The molecular weight excluding hydrogens is 433 g/mol. The van der Waals surface area contributed by atoms with Crippen LogP contribution in [-0.2, 0) is 4.74 Å². The maximum absolute atomic E-state index is 12.0. The SMILES string of the molecule is CC.COC(=O)c1nn(-c2cccc(C)c2)c2cnc(OC)cc12.Cc1cccc(B(O)O)c1. The Hall–Kier alpha value is -3.69. The summed E-state index contributed by atoms with van der Waals surface area (Å²) in [6.07, 6.45) is 1.63.